The fraction of sp³-hybridized carbons (Fsp3) is 0.136. The van der Waals surface area contributed by atoms with Gasteiger partial charge in [0.1, 0.15) is 11.3 Å². The predicted molar refractivity (Wildman–Crippen MR) is 123 cm³/mol. The summed E-state index contributed by atoms with van der Waals surface area (Å²) in [6.45, 7) is 0.382. The standard InChI is InChI=1S/C22H17Cl3N4O2/c23-18-11-15(29-22(31)27-8-9-28-29)12-19(24)17(18)10-13-3-5-14(6-4-13)20(30)16-2-1-7-26-21(16)25/h1-7,9,11-12,20,30H,8,10H2,(H,27,31). The van der Waals surface area contributed by atoms with E-state index >= 15 is 0 Å². The SMILES string of the molecule is O=C1NCC=NN1c1cc(Cl)c(Cc2ccc(C(O)c3cccnc3Cl)cc2)c(Cl)c1. The van der Waals surface area contributed by atoms with Crippen molar-refractivity contribution in [3.05, 3.63) is 92.2 Å². The van der Waals surface area contributed by atoms with E-state index in [9.17, 15) is 9.90 Å². The summed E-state index contributed by atoms with van der Waals surface area (Å²) in [5, 5.41) is 19.7. The maximum Gasteiger partial charge on any atom is 0.342 e. The number of hydrogen-bond acceptors (Lipinski definition) is 4. The molecule has 0 saturated heterocycles. The highest BCUT2D eigenvalue weighted by Crippen LogP contribution is 2.34. The van der Waals surface area contributed by atoms with Crippen LogP contribution in [-0.4, -0.2) is 28.9 Å². The van der Waals surface area contributed by atoms with Crippen molar-refractivity contribution in [2.45, 2.75) is 12.5 Å². The van der Waals surface area contributed by atoms with Crippen LogP contribution < -0.4 is 10.3 Å². The van der Waals surface area contributed by atoms with Crippen LogP contribution in [0.1, 0.15) is 28.4 Å². The van der Waals surface area contributed by atoms with E-state index in [0.29, 0.717) is 39.8 Å². The zero-order valence-electron chi connectivity index (χ0n) is 16.1. The molecule has 2 amide bonds. The van der Waals surface area contributed by atoms with Crippen LogP contribution in [0.4, 0.5) is 10.5 Å². The number of aliphatic hydroxyl groups excluding tert-OH is 1. The van der Waals surface area contributed by atoms with Crippen LogP contribution in [0.25, 0.3) is 0 Å². The van der Waals surface area contributed by atoms with E-state index in [1.54, 1.807) is 36.7 Å². The maximum absolute atomic E-state index is 12.0. The van der Waals surface area contributed by atoms with Crippen LogP contribution in [-0.2, 0) is 6.42 Å². The third kappa shape index (κ3) is 4.67. The molecule has 31 heavy (non-hydrogen) atoms. The smallest absolute Gasteiger partial charge is 0.342 e. The van der Waals surface area contributed by atoms with E-state index in [4.69, 9.17) is 34.8 Å². The molecule has 2 aromatic carbocycles. The molecule has 2 N–H and O–H groups in total. The number of hydrogen-bond donors (Lipinski definition) is 2. The number of aromatic nitrogens is 1. The van der Waals surface area contributed by atoms with Crippen molar-refractivity contribution < 1.29 is 9.90 Å². The molecule has 0 spiro atoms. The van der Waals surface area contributed by atoms with Crippen molar-refractivity contribution in [1.29, 1.82) is 0 Å². The Hall–Kier alpha value is -2.64. The van der Waals surface area contributed by atoms with Gasteiger partial charge in [0.2, 0.25) is 0 Å². The second-order valence-electron chi connectivity index (χ2n) is 6.89. The molecule has 2 heterocycles. The molecule has 0 radical (unpaired) electrons. The van der Waals surface area contributed by atoms with E-state index in [1.165, 1.54) is 5.01 Å². The molecule has 0 saturated carbocycles. The third-order valence-corrected chi connectivity index (χ3v) is 5.85. The van der Waals surface area contributed by atoms with Gasteiger partial charge in [0, 0.05) is 34.4 Å². The fourth-order valence-electron chi connectivity index (χ4n) is 3.25. The zero-order valence-corrected chi connectivity index (χ0v) is 18.4. The Bertz CT molecular complexity index is 1130. The summed E-state index contributed by atoms with van der Waals surface area (Å²) in [6, 6.07) is 13.9. The molecule has 3 aromatic rings. The summed E-state index contributed by atoms with van der Waals surface area (Å²) in [6.07, 6.45) is 2.77. The number of halogens is 3. The van der Waals surface area contributed by atoms with Gasteiger partial charge < -0.3 is 10.4 Å². The van der Waals surface area contributed by atoms with Crippen LogP contribution in [0.2, 0.25) is 15.2 Å². The summed E-state index contributed by atoms with van der Waals surface area (Å²) >= 11 is 19.0. The van der Waals surface area contributed by atoms with E-state index in [1.807, 2.05) is 24.3 Å². The number of aliphatic hydroxyl groups is 1. The summed E-state index contributed by atoms with van der Waals surface area (Å²) in [5.74, 6) is 0. The second-order valence-corrected chi connectivity index (χ2v) is 8.06. The summed E-state index contributed by atoms with van der Waals surface area (Å²) in [4.78, 5) is 16.0. The minimum atomic E-state index is -0.877. The Kier molecular flexibility index (Phi) is 6.43. The summed E-state index contributed by atoms with van der Waals surface area (Å²) < 4.78 is 0. The number of amides is 2. The van der Waals surface area contributed by atoms with E-state index in [0.717, 1.165) is 11.1 Å². The highest BCUT2D eigenvalue weighted by atomic mass is 35.5. The van der Waals surface area contributed by atoms with Crippen molar-refractivity contribution in [2.75, 3.05) is 11.6 Å². The molecule has 6 nitrogen and oxygen atoms in total. The first-order chi connectivity index (χ1) is 14.9. The number of nitrogens with one attached hydrogen (secondary N) is 1. The Morgan fingerprint density at radius 2 is 1.81 bits per heavy atom. The number of urea groups is 1. The Labute approximate surface area is 194 Å². The van der Waals surface area contributed by atoms with Crippen LogP contribution in [0, 0.1) is 0 Å². The van der Waals surface area contributed by atoms with Gasteiger partial charge in [-0.1, -0.05) is 65.1 Å². The number of pyridine rings is 1. The minimum Gasteiger partial charge on any atom is -0.384 e. The summed E-state index contributed by atoms with van der Waals surface area (Å²) in [5.41, 5.74) is 3.41. The normalized spacial score (nSPS) is 14.5. The predicted octanol–water partition coefficient (Wildman–Crippen LogP) is 5.23. The zero-order chi connectivity index (χ0) is 22.0. The van der Waals surface area contributed by atoms with Gasteiger partial charge in [0.15, 0.2) is 0 Å². The number of benzene rings is 2. The first kappa shape index (κ1) is 21.6. The number of anilines is 1. The molecular formula is C22H17Cl3N4O2. The lowest BCUT2D eigenvalue weighted by atomic mass is 9.99. The van der Waals surface area contributed by atoms with Crippen molar-refractivity contribution in [2.24, 2.45) is 5.10 Å². The average molecular weight is 476 g/mol. The molecule has 1 unspecified atom stereocenters. The molecule has 1 aliphatic rings. The van der Waals surface area contributed by atoms with Gasteiger partial charge in [-0.05, 0) is 34.9 Å². The van der Waals surface area contributed by atoms with Crippen LogP contribution in [0.15, 0.2) is 59.8 Å². The minimum absolute atomic E-state index is 0.268. The maximum atomic E-state index is 12.0. The topological polar surface area (TPSA) is 77.8 Å². The van der Waals surface area contributed by atoms with Gasteiger partial charge in [-0.2, -0.15) is 10.1 Å². The number of hydrazone groups is 1. The third-order valence-electron chi connectivity index (χ3n) is 4.86. The van der Waals surface area contributed by atoms with Gasteiger partial charge in [-0.15, -0.1) is 0 Å². The molecular weight excluding hydrogens is 459 g/mol. The molecule has 0 bridgehead atoms. The van der Waals surface area contributed by atoms with Gasteiger partial charge >= 0.3 is 6.03 Å². The van der Waals surface area contributed by atoms with Crippen molar-refractivity contribution in [3.8, 4) is 0 Å². The molecule has 1 aromatic heterocycles. The fourth-order valence-corrected chi connectivity index (χ4v) is 4.08. The van der Waals surface area contributed by atoms with Gasteiger partial charge in [0.05, 0.1) is 12.2 Å². The Balaban J connectivity index is 1.54. The quantitative estimate of drug-likeness (QED) is 0.496. The molecule has 0 fully saturated rings. The first-order valence-electron chi connectivity index (χ1n) is 9.39. The monoisotopic (exact) mass is 474 g/mol. The van der Waals surface area contributed by atoms with E-state index in [2.05, 4.69) is 15.4 Å². The molecule has 1 aliphatic heterocycles. The lowest BCUT2D eigenvalue weighted by molar-refractivity contribution is 0.220. The highest BCUT2D eigenvalue weighted by Gasteiger charge is 2.20. The van der Waals surface area contributed by atoms with E-state index in [-0.39, 0.29) is 11.2 Å². The van der Waals surface area contributed by atoms with Crippen LogP contribution in [0.3, 0.4) is 0 Å². The van der Waals surface area contributed by atoms with Crippen molar-refractivity contribution in [1.82, 2.24) is 10.3 Å². The van der Waals surface area contributed by atoms with Crippen molar-refractivity contribution >= 4 is 52.7 Å². The number of rotatable bonds is 5. The molecule has 4 rings (SSSR count). The van der Waals surface area contributed by atoms with Gasteiger partial charge in [-0.3, -0.25) is 0 Å². The molecule has 1 atom stereocenters. The van der Waals surface area contributed by atoms with Crippen LogP contribution >= 0.6 is 34.8 Å². The number of carbonyl (C=O) groups excluding carboxylic acids is 1. The number of nitrogens with zero attached hydrogens (tertiary/aromatic N) is 3. The average Bonchev–Trinajstić information content (AvgIpc) is 2.77. The lowest BCUT2D eigenvalue weighted by Gasteiger charge is -2.22. The number of carbonyl (C=O) groups is 1. The second kappa shape index (κ2) is 9.24. The highest BCUT2D eigenvalue weighted by molar-refractivity contribution is 6.36. The first-order valence-corrected chi connectivity index (χ1v) is 10.5. The molecule has 158 valence electrons. The van der Waals surface area contributed by atoms with E-state index < -0.39 is 6.10 Å². The molecule has 0 aliphatic carbocycles. The van der Waals surface area contributed by atoms with Gasteiger partial charge in [0.25, 0.3) is 0 Å². The lowest BCUT2D eigenvalue weighted by Crippen LogP contribution is -2.41. The molecule has 9 heteroatoms. The largest absolute Gasteiger partial charge is 0.384 e. The summed E-state index contributed by atoms with van der Waals surface area (Å²) in [7, 11) is 0. The van der Waals surface area contributed by atoms with Crippen molar-refractivity contribution in [3.63, 3.8) is 0 Å². The Morgan fingerprint density at radius 3 is 2.45 bits per heavy atom. The van der Waals surface area contributed by atoms with Crippen LogP contribution in [0.5, 0.6) is 0 Å². The Morgan fingerprint density at radius 1 is 1.10 bits per heavy atom. The van der Waals surface area contributed by atoms with Gasteiger partial charge in [-0.25, -0.2) is 9.78 Å².